The van der Waals surface area contributed by atoms with Gasteiger partial charge in [-0.2, -0.15) is 0 Å². The monoisotopic (exact) mass is 394 g/mol. The number of carbonyl (C=O) groups is 2. The second-order valence-electron chi connectivity index (χ2n) is 6.23. The van der Waals surface area contributed by atoms with Crippen LogP contribution >= 0.6 is 11.6 Å². The number of nitrogens with one attached hydrogen (secondary N) is 2. The Bertz CT molecular complexity index is 987. The van der Waals surface area contributed by atoms with Crippen LogP contribution in [0.5, 0.6) is 0 Å². The molecule has 5 nitrogen and oxygen atoms in total. The van der Waals surface area contributed by atoms with Gasteiger partial charge in [-0.05, 0) is 59.5 Å². The predicted octanol–water partition coefficient (Wildman–Crippen LogP) is 4.10. The second-order valence-corrected chi connectivity index (χ2v) is 6.67. The Kier molecular flexibility index (Phi) is 6.42. The molecule has 0 saturated carbocycles. The highest BCUT2D eigenvalue weighted by atomic mass is 35.5. The first-order valence-corrected chi connectivity index (χ1v) is 9.12. The van der Waals surface area contributed by atoms with Gasteiger partial charge in [-0.3, -0.25) is 14.8 Å². The van der Waals surface area contributed by atoms with Gasteiger partial charge in [0.1, 0.15) is 0 Å². The van der Waals surface area contributed by atoms with Crippen LogP contribution in [0.2, 0.25) is 5.02 Å². The van der Waals surface area contributed by atoms with Crippen molar-refractivity contribution < 1.29 is 14.8 Å². The average Bonchev–Trinajstić information content (AvgIpc) is 2.74. The van der Waals surface area contributed by atoms with Gasteiger partial charge in [0.2, 0.25) is 0 Å². The van der Waals surface area contributed by atoms with Crippen LogP contribution in [-0.2, 0) is 6.42 Å². The number of halogens is 1. The molecule has 0 heterocycles. The highest BCUT2D eigenvalue weighted by Crippen LogP contribution is 2.22. The van der Waals surface area contributed by atoms with Crippen LogP contribution in [0.3, 0.4) is 0 Å². The molecule has 0 spiro atoms. The maximum absolute atomic E-state index is 12.5. The first-order chi connectivity index (χ1) is 13.6. The van der Waals surface area contributed by atoms with Crippen LogP contribution in [0, 0.1) is 0 Å². The molecule has 0 aliphatic carbocycles. The summed E-state index contributed by atoms with van der Waals surface area (Å²) in [6.45, 7) is 0.511. The summed E-state index contributed by atoms with van der Waals surface area (Å²) >= 11 is 5.87. The van der Waals surface area contributed by atoms with Crippen molar-refractivity contribution >= 4 is 23.4 Å². The first-order valence-electron chi connectivity index (χ1n) is 8.74. The third-order valence-electron chi connectivity index (χ3n) is 4.30. The van der Waals surface area contributed by atoms with Crippen molar-refractivity contribution in [3.63, 3.8) is 0 Å². The average molecular weight is 395 g/mol. The van der Waals surface area contributed by atoms with Crippen molar-refractivity contribution in [3.8, 4) is 11.1 Å². The molecule has 0 unspecified atom stereocenters. The third-order valence-corrected chi connectivity index (χ3v) is 4.55. The Morgan fingerprint density at radius 3 is 1.96 bits per heavy atom. The zero-order valence-corrected chi connectivity index (χ0v) is 15.7. The summed E-state index contributed by atoms with van der Waals surface area (Å²) < 4.78 is 0. The van der Waals surface area contributed by atoms with E-state index in [-0.39, 0.29) is 5.91 Å². The van der Waals surface area contributed by atoms with E-state index in [9.17, 15) is 9.59 Å². The van der Waals surface area contributed by atoms with E-state index in [1.165, 1.54) is 0 Å². The highest BCUT2D eigenvalue weighted by Gasteiger charge is 2.09. The molecule has 28 heavy (non-hydrogen) atoms. The Morgan fingerprint density at radius 2 is 1.39 bits per heavy atom. The van der Waals surface area contributed by atoms with Crippen molar-refractivity contribution in [2.75, 3.05) is 6.54 Å². The Hall–Kier alpha value is -3.15. The van der Waals surface area contributed by atoms with Crippen LogP contribution < -0.4 is 10.8 Å². The molecule has 3 N–H and O–H groups in total. The second kappa shape index (κ2) is 9.17. The van der Waals surface area contributed by atoms with Crippen molar-refractivity contribution in [1.29, 1.82) is 0 Å². The summed E-state index contributed by atoms with van der Waals surface area (Å²) in [6, 6.07) is 21.5. The molecule has 0 saturated heterocycles. The standard InChI is InChI=1S/C22H19ClN2O3/c23-20-9-7-15(8-10-20)11-12-24-21(26)18-5-1-3-16(13-18)17-4-2-6-19(14-17)22(27)25-28/h1-10,13-14,28H,11-12H2,(H,24,26)(H,25,27). The topological polar surface area (TPSA) is 78.4 Å². The van der Waals surface area contributed by atoms with Gasteiger partial charge in [0.25, 0.3) is 11.8 Å². The number of rotatable bonds is 6. The number of carbonyl (C=O) groups excluding carboxylic acids is 2. The molecule has 3 aromatic rings. The van der Waals surface area contributed by atoms with Crippen LogP contribution in [-0.4, -0.2) is 23.6 Å². The molecular formula is C22H19ClN2O3. The largest absolute Gasteiger partial charge is 0.352 e. The van der Waals surface area contributed by atoms with Gasteiger partial charge in [0.05, 0.1) is 0 Å². The molecule has 2 amide bonds. The normalized spacial score (nSPS) is 10.4. The van der Waals surface area contributed by atoms with E-state index < -0.39 is 5.91 Å². The summed E-state index contributed by atoms with van der Waals surface area (Å²) in [7, 11) is 0. The van der Waals surface area contributed by atoms with Crippen molar-refractivity contribution in [2.24, 2.45) is 0 Å². The fraction of sp³-hybridized carbons (Fsp3) is 0.0909. The van der Waals surface area contributed by atoms with Crippen LogP contribution in [0.25, 0.3) is 11.1 Å². The molecule has 3 rings (SSSR count). The molecular weight excluding hydrogens is 376 g/mol. The lowest BCUT2D eigenvalue weighted by molar-refractivity contribution is 0.0706. The zero-order chi connectivity index (χ0) is 19.9. The van der Waals surface area contributed by atoms with E-state index >= 15 is 0 Å². The van der Waals surface area contributed by atoms with Crippen LogP contribution in [0.1, 0.15) is 26.3 Å². The number of benzene rings is 3. The summed E-state index contributed by atoms with van der Waals surface area (Å²) in [4.78, 5) is 24.1. The molecule has 0 aliphatic rings. The molecule has 6 heteroatoms. The molecule has 0 aliphatic heterocycles. The summed E-state index contributed by atoms with van der Waals surface area (Å²) in [5.74, 6) is -0.752. The molecule has 0 bridgehead atoms. The van der Waals surface area contributed by atoms with Crippen molar-refractivity contribution in [1.82, 2.24) is 10.8 Å². The highest BCUT2D eigenvalue weighted by molar-refractivity contribution is 6.30. The molecule has 0 aromatic heterocycles. The predicted molar refractivity (Wildman–Crippen MR) is 109 cm³/mol. The Labute approximate surface area is 167 Å². The number of hydrogen-bond donors (Lipinski definition) is 3. The fourth-order valence-electron chi connectivity index (χ4n) is 2.82. The minimum atomic E-state index is -0.585. The van der Waals surface area contributed by atoms with Crippen LogP contribution in [0.15, 0.2) is 72.8 Å². The van der Waals surface area contributed by atoms with Crippen molar-refractivity contribution in [2.45, 2.75) is 6.42 Å². The number of hydroxylamine groups is 1. The molecule has 0 radical (unpaired) electrons. The fourth-order valence-corrected chi connectivity index (χ4v) is 2.94. The summed E-state index contributed by atoms with van der Waals surface area (Å²) in [6.07, 6.45) is 0.709. The lowest BCUT2D eigenvalue weighted by Crippen LogP contribution is -2.25. The van der Waals surface area contributed by atoms with E-state index in [2.05, 4.69) is 5.32 Å². The Morgan fingerprint density at radius 1 is 0.821 bits per heavy atom. The van der Waals surface area contributed by atoms with Gasteiger partial charge in [0.15, 0.2) is 0 Å². The van der Waals surface area contributed by atoms with Gasteiger partial charge < -0.3 is 5.32 Å². The maximum atomic E-state index is 12.5. The smallest absolute Gasteiger partial charge is 0.274 e. The minimum Gasteiger partial charge on any atom is -0.352 e. The van der Waals surface area contributed by atoms with E-state index in [1.54, 1.807) is 41.9 Å². The number of amides is 2. The molecule has 0 atom stereocenters. The Balaban J connectivity index is 1.68. The quantitative estimate of drug-likeness (QED) is 0.435. The lowest BCUT2D eigenvalue weighted by atomic mass is 10.0. The van der Waals surface area contributed by atoms with E-state index in [0.717, 1.165) is 16.7 Å². The maximum Gasteiger partial charge on any atom is 0.274 e. The summed E-state index contributed by atoms with van der Waals surface area (Å²) in [5.41, 5.74) is 5.16. The lowest BCUT2D eigenvalue weighted by Gasteiger charge is -2.08. The molecule has 0 fully saturated rings. The van der Waals surface area contributed by atoms with Crippen LogP contribution in [0.4, 0.5) is 0 Å². The minimum absolute atomic E-state index is 0.167. The van der Waals surface area contributed by atoms with Gasteiger partial charge in [-0.1, -0.05) is 48.0 Å². The van der Waals surface area contributed by atoms with E-state index in [4.69, 9.17) is 16.8 Å². The zero-order valence-electron chi connectivity index (χ0n) is 15.0. The first kappa shape index (κ1) is 19.6. The van der Waals surface area contributed by atoms with E-state index in [0.29, 0.717) is 29.1 Å². The van der Waals surface area contributed by atoms with Crippen molar-refractivity contribution in [3.05, 3.63) is 94.5 Å². The third kappa shape index (κ3) is 4.97. The molecule has 142 valence electrons. The molecule has 3 aromatic carbocycles. The van der Waals surface area contributed by atoms with E-state index in [1.807, 2.05) is 36.4 Å². The number of hydrogen-bond acceptors (Lipinski definition) is 3. The van der Waals surface area contributed by atoms with Gasteiger partial charge in [-0.25, -0.2) is 5.48 Å². The van der Waals surface area contributed by atoms with Gasteiger partial charge in [-0.15, -0.1) is 0 Å². The van der Waals surface area contributed by atoms with Gasteiger partial charge >= 0.3 is 0 Å². The SMILES string of the molecule is O=C(NO)c1cccc(-c2cccc(C(=O)NCCc3ccc(Cl)cc3)c2)c1. The summed E-state index contributed by atoms with van der Waals surface area (Å²) in [5, 5.41) is 12.4. The van der Waals surface area contributed by atoms with Gasteiger partial charge in [0, 0.05) is 22.7 Å².